The fourth-order valence-electron chi connectivity index (χ4n) is 3.40. The highest BCUT2D eigenvalue weighted by Crippen LogP contribution is 2.34. The summed E-state index contributed by atoms with van der Waals surface area (Å²) in [6.07, 6.45) is 5.09. The van der Waals surface area contributed by atoms with E-state index in [0.717, 1.165) is 33.7 Å². The highest BCUT2D eigenvalue weighted by molar-refractivity contribution is 5.83. The van der Waals surface area contributed by atoms with Crippen molar-refractivity contribution in [3.63, 3.8) is 0 Å². The Hall–Kier alpha value is -3.93. The van der Waals surface area contributed by atoms with E-state index in [1.807, 2.05) is 54.9 Å². The van der Waals surface area contributed by atoms with Crippen molar-refractivity contribution in [1.29, 1.82) is 0 Å². The Bertz CT molecular complexity index is 1220. The van der Waals surface area contributed by atoms with Crippen molar-refractivity contribution in [2.75, 3.05) is 7.11 Å². The van der Waals surface area contributed by atoms with Gasteiger partial charge in [-0.25, -0.2) is 15.0 Å². The monoisotopic (exact) mass is 382 g/mol. The number of rotatable bonds is 5. The van der Waals surface area contributed by atoms with E-state index in [2.05, 4.69) is 26.7 Å². The third-order valence-corrected chi connectivity index (χ3v) is 4.83. The number of furan rings is 1. The maximum Gasteiger partial charge on any atom is 0.229 e. The van der Waals surface area contributed by atoms with E-state index in [0.29, 0.717) is 18.0 Å². The lowest BCUT2D eigenvalue weighted by molar-refractivity contribution is 0.414. The first-order valence-corrected chi connectivity index (χ1v) is 9.25. The van der Waals surface area contributed by atoms with Crippen LogP contribution in [0.25, 0.3) is 33.8 Å². The molecule has 6 heteroatoms. The molecule has 0 radical (unpaired) electrons. The largest absolute Gasteiger partial charge is 0.497 e. The quantitative estimate of drug-likeness (QED) is 0.436. The van der Waals surface area contributed by atoms with Crippen LogP contribution in [-0.4, -0.2) is 26.6 Å². The molecule has 5 rings (SSSR count). The zero-order valence-electron chi connectivity index (χ0n) is 15.8. The molecule has 0 atom stereocenters. The molecule has 0 N–H and O–H groups in total. The molecule has 0 saturated heterocycles. The highest BCUT2D eigenvalue weighted by atomic mass is 16.5. The molecule has 0 aliphatic carbocycles. The fourth-order valence-corrected chi connectivity index (χ4v) is 3.40. The van der Waals surface area contributed by atoms with Crippen LogP contribution in [0.5, 0.6) is 5.75 Å². The Morgan fingerprint density at radius 3 is 2.59 bits per heavy atom. The molecular weight excluding hydrogens is 364 g/mol. The van der Waals surface area contributed by atoms with E-state index in [-0.39, 0.29) is 0 Å². The van der Waals surface area contributed by atoms with E-state index in [1.54, 1.807) is 13.3 Å². The van der Waals surface area contributed by atoms with Crippen LogP contribution in [0.15, 0.2) is 83.9 Å². The number of hydrogen-bond donors (Lipinski definition) is 0. The predicted octanol–water partition coefficient (Wildman–Crippen LogP) is 4.81. The molecule has 0 fully saturated rings. The van der Waals surface area contributed by atoms with Gasteiger partial charge in [0.25, 0.3) is 0 Å². The van der Waals surface area contributed by atoms with Gasteiger partial charge in [-0.15, -0.1) is 0 Å². The van der Waals surface area contributed by atoms with Crippen molar-refractivity contribution in [3.8, 4) is 28.5 Å². The van der Waals surface area contributed by atoms with Gasteiger partial charge in [0.05, 0.1) is 24.5 Å². The number of ether oxygens (including phenoxy) is 1. The number of hydrogen-bond acceptors (Lipinski definition) is 5. The van der Waals surface area contributed by atoms with Crippen molar-refractivity contribution >= 4 is 11.1 Å². The molecule has 0 bridgehead atoms. The summed E-state index contributed by atoms with van der Waals surface area (Å²) in [7, 11) is 1.67. The van der Waals surface area contributed by atoms with E-state index in [9.17, 15) is 0 Å². The van der Waals surface area contributed by atoms with E-state index in [1.165, 1.54) is 6.33 Å². The molecule has 0 spiro atoms. The molecule has 0 amide bonds. The first-order chi connectivity index (χ1) is 14.3. The van der Waals surface area contributed by atoms with Crippen LogP contribution >= 0.6 is 0 Å². The average Bonchev–Trinajstić information content (AvgIpc) is 3.38. The van der Waals surface area contributed by atoms with Crippen LogP contribution in [0.3, 0.4) is 0 Å². The Labute approximate surface area is 167 Å². The van der Waals surface area contributed by atoms with Gasteiger partial charge in [0.2, 0.25) is 5.71 Å². The molecular formula is C23H18N4O2. The van der Waals surface area contributed by atoms with Gasteiger partial charge in [-0.3, -0.25) is 0 Å². The summed E-state index contributed by atoms with van der Waals surface area (Å²) in [5, 5.41) is 0.860. The summed E-state index contributed by atoms with van der Waals surface area (Å²) < 4.78 is 13.4. The third kappa shape index (κ3) is 3.25. The average molecular weight is 382 g/mol. The minimum absolute atomic E-state index is 0.561. The van der Waals surface area contributed by atoms with Crippen LogP contribution in [0, 0.1) is 0 Å². The second-order valence-electron chi connectivity index (χ2n) is 6.68. The van der Waals surface area contributed by atoms with E-state index >= 15 is 0 Å². The van der Waals surface area contributed by atoms with E-state index in [4.69, 9.17) is 14.1 Å². The lowest BCUT2D eigenvalue weighted by Crippen LogP contribution is -2.00. The van der Waals surface area contributed by atoms with Gasteiger partial charge in [-0.2, -0.15) is 0 Å². The minimum atomic E-state index is 0.561. The molecule has 142 valence electrons. The Balaban J connectivity index is 1.63. The number of imidazole rings is 1. The van der Waals surface area contributed by atoms with Gasteiger partial charge >= 0.3 is 0 Å². The maximum atomic E-state index is 6.06. The lowest BCUT2D eigenvalue weighted by atomic mass is 10.1. The SMILES string of the molecule is COc1ccc(Cn2cnc(-c3ccccc3)c2-c2cc3cncnc3o2)cc1. The summed E-state index contributed by atoms with van der Waals surface area (Å²) in [5.74, 6) is 1.55. The predicted molar refractivity (Wildman–Crippen MR) is 111 cm³/mol. The summed E-state index contributed by atoms with van der Waals surface area (Å²) >= 11 is 0. The zero-order chi connectivity index (χ0) is 19.6. The molecule has 0 saturated carbocycles. The second-order valence-corrected chi connectivity index (χ2v) is 6.68. The molecule has 3 aromatic heterocycles. The summed E-state index contributed by atoms with van der Waals surface area (Å²) in [5.41, 5.74) is 4.50. The van der Waals surface area contributed by atoms with Gasteiger partial charge in [-0.05, 0) is 23.8 Å². The summed E-state index contributed by atoms with van der Waals surface area (Å²) in [4.78, 5) is 13.0. The molecule has 0 unspecified atom stereocenters. The van der Waals surface area contributed by atoms with Crippen LogP contribution < -0.4 is 4.74 Å². The molecule has 0 aliphatic heterocycles. The van der Waals surface area contributed by atoms with Gasteiger partial charge in [0.15, 0.2) is 5.76 Å². The third-order valence-electron chi connectivity index (χ3n) is 4.83. The zero-order valence-corrected chi connectivity index (χ0v) is 15.8. The maximum absolute atomic E-state index is 6.06. The smallest absolute Gasteiger partial charge is 0.229 e. The van der Waals surface area contributed by atoms with Gasteiger partial charge < -0.3 is 13.7 Å². The van der Waals surface area contributed by atoms with Crippen LogP contribution in [0.4, 0.5) is 0 Å². The summed E-state index contributed by atoms with van der Waals surface area (Å²) in [6.45, 7) is 0.655. The number of nitrogens with zero attached hydrogens (tertiary/aromatic N) is 4. The van der Waals surface area contributed by atoms with Gasteiger partial charge in [0, 0.05) is 18.3 Å². The fraction of sp³-hybridized carbons (Fsp3) is 0.0870. The van der Waals surface area contributed by atoms with Crippen LogP contribution in [0.1, 0.15) is 5.56 Å². The van der Waals surface area contributed by atoms with Crippen molar-refractivity contribution in [3.05, 3.63) is 85.1 Å². The number of aromatic nitrogens is 4. The second kappa shape index (κ2) is 7.24. The normalized spacial score (nSPS) is 11.1. The van der Waals surface area contributed by atoms with E-state index < -0.39 is 0 Å². The first kappa shape index (κ1) is 17.2. The molecule has 6 nitrogen and oxygen atoms in total. The Kier molecular flexibility index (Phi) is 4.29. The lowest BCUT2D eigenvalue weighted by Gasteiger charge is -2.09. The van der Waals surface area contributed by atoms with Crippen molar-refractivity contribution in [1.82, 2.24) is 19.5 Å². The topological polar surface area (TPSA) is 66.0 Å². The highest BCUT2D eigenvalue weighted by Gasteiger charge is 2.19. The first-order valence-electron chi connectivity index (χ1n) is 9.25. The van der Waals surface area contributed by atoms with Crippen molar-refractivity contribution in [2.45, 2.75) is 6.54 Å². The minimum Gasteiger partial charge on any atom is -0.497 e. The van der Waals surface area contributed by atoms with Crippen molar-refractivity contribution in [2.24, 2.45) is 0 Å². The number of methoxy groups -OCH3 is 1. The number of benzene rings is 2. The molecule has 0 aliphatic rings. The molecule has 2 aromatic carbocycles. The summed E-state index contributed by atoms with van der Waals surface area (Å²) in [6, 6.07) is 20.1. The Morgan fingerprint density at radius 2 is 1.83 bits per heavy atom. The van der Waals surface area contributed by atoms with Crippen LogP contribution in [0.2, 0.25) is 0 Å². The standard InChI is InChI=1S/C23H18N4O2/c1-28-19-9-7-16(8-10-19)13-27-15-26-21(17-5-3-2-4-6-17)22(27)20-11-18-12-24-14-25-23(18)29-20/h2-12,14-15H,13H2,1H3. The number of fused-ring (bicyclic) bond motifs is 1. The van der Waals surface area contributed by atoms with Gasteiger partial charge in [0.1, 0.15) is 17.8 Å². The van der Waals surface area contributed by atoms with Gasteiger partial charge in [-0.1, -0.05) is 42.5 Å². The molecule has 5 aromatic rings. The van der Waals surface area contributed by atoms with Crippen LogP contribution in [-0.2, 0) is 6.54 Å². The van der Waals surface area contributed by atoms with Crippen molar-refractivity contribution < 1.29 is 9.15 Å². The Morgan fingerprint density at radius 1 is 1.00 bits per heavy atom. The molecule has 29 heavy (non-hydrogen) atoms. The molecule has 3 heterocycles.